The number of carbonyl (C=O) groups excluding carboxylic acids is 1. The molecule has 0 amide bonds. The van der Waals surface area contributed by atoms with Gasteiger partial charge in [0.1, 0.15) is 0 Å². The molecule has 0 radical (unpaired) electrons. The number of pyridine rings is 1. The fraction of sp³-hybridized carbons (Fsp3) is 0.176. The van der Waals surface area contributed by atoms with Crippen LogP contribution in [-0.4, -0.2) is 15.9 Å². The Hall–Kier alpha value is -2.33. The maximum absolute atomic E-state index is 12.5. The molecule has 5 heteroatoms. The Morgan fingerprint density at radius 3 is 2.82 bits per heavy atom. The summed E-state index contributed by atoms with van der Waals surface area (Å²) in [6.45, 7) is 2.30. The third-order valence-electron chi connectivity index (χ3n) is 3.65. The third-order valence-corrected chi connectivity index (χ3v) is 3.65. The molecule has 0 spiro atoms. The molecule has 22 heavy (non-hydrogen) atoms. The van der Waals surface area contributed by atoms with Crippen molar-refractivity contribution < 1.29 is 26.9 Å². The van der Waals surface area contributed by atoms with E-state index in [2.05, 4.69) is 18.0 Å². The molecule has 3 rings (SSSR count). The summed E-state index contributed by atoms with van der Waals surface area (Å²) in [5, 5.41) is 10.4. The Labute approximate surface area is 134 Å². The maximum Gasteiger partial charge on any atom is 0.229 e. The predicted octanol–water partition coefficient (Wildman–Crippen LogP) is -0.390. The van der Waals surface area contributed by atoms with Gasteiger partial charge in [-0.15, -0.1) is 0 Å². The van der Waals surface area contributed by atoms with Crippen molar-refractivity contribution in [2.75, 3.05) is 0 Å². The van der Waals surface area contributed by atoms with Gasteiger partial charge in [0.25, 0.3) is 0 Å². The maximum atomic E-state index is 12.5. The first-order chi connectivity index (χ1) is 10.2. The molecule has 0 aliphatic heterocycles. The van der Waals surface area contributed by atoms with Crippen LogP contribution in [-0.2, 0) is 13.0 Å². The van der Waals surface area contributed by atoms with Crippen LogP contribution in [0, 0.1) is 0 Å². The highest BCUT2D eigenvalue weighted by molar-refractivity contribution is 6.07. The number of benzene rings is 1. The first kappa shape index (κ1) is 16.0. The van der Waals surface area contributed by atoms with E-state index < -0.39 is 0 Å². The van der Waals surface area contributed by atoms with E-state index in [9.17, 15) is 9.90 Å². The van der Waals surface area contributed by atoms with Gasteiger partial charge in [0.15, 0.2) is 11.9 Å². The van der Waals surface area contributed by atoms with Crippen molar-refractivity contribution in [1.29, 1.82) is 0 Å². The number of rotatable bonds is 4. The average Bonchev–Trinajstić information content (AvgIpc) is 2.91. The lowest BCUT2D eigenvalue weighted by Crippen LogP contribution is -3.00. The Balaban J connectivity index is 0.00000176. The first-order valence-electron chi connectivity index (χ1n) is 6.99. The molecule has 114 valence electrons. The van der Waals surface area contributed by atoms with E-state index in [1.807, 2.05) is 12.1 Å². The lowest BCUT2D eigenvalue weighted by Gasteiger charge is -2.00. The number of aromatic amines is 1. The van der Waals surface area contributed by atoms with Gasteiger partial charge in [0, 0.05) is 28.7 Å². The number of hydrogen-bond donors (Lipinski definition) is 2. The van der Waals surface area contributed by atoms with Crippen molar-refractivity contribution in [3.8, 4) is 5.75 Å². The van der Waals surface area contributed by atoms with E-state index in [0.29, 0.717) is 5.56 Å². The van der Waals surface area contributed by atoms with Crippen molar-refractivity contribution in [3.63, 3.8) is 0 Å². The molecular formula is C17H17ClN2O2. The number of hydrogen-bond acceptors (Lipinski definition) is 2. The normalized spacial score (nSPS) is 10.4. The van der Waals surface area contributed by atoms with Gasteiger partial charge in [0.2, 0.25) is 18.5 Å². The van der Waals surface area contributed by atoms with Crippen LogP contribution in [0.5, 0.6) is 5.75 Å². The highest BCUT2D eigenvalue weighted by atomic mass is 35.5. The van der Waals surface area contributed by atoms with Crippen LogP contribution < -0.4 is 17.0 Å². The number of carbonyl (C=O) groups is 1. The number of aryl methyl sites for hydroxylation is 1. The largest absolute Gasteiger partial charge is 1.00 e. The molecular weight excluding hydrogens is 300 g/mol. The number of ketones is 1. The summed E-state index contributed by atoms with van der Waals surface area (Å²) in [5.74, 6) is 0.169. The average molecular weight is 317 g/mol. The Morgan fingerprint density at radius 1 is 1.27 bits per heavy atom. The van der Waals surface area contributed by atoms with Gasteiger partial charge in [-0.25, -0.2) is 0 Å². The summed E-state index contributed by atoms with van der Waals surface area (Å²) in [4.78, 5) is 15.7. The number of aromatic hydroxyl groups is 1. The molecule has 0 bridgehead atoms. The molecule has 4 nitrogen and oxygen atoms in total. The highest BCUT2D eigenvalue weighted by Crippen LogP contribution is 2.22. The molecule has 1 aromatic carbocycles. The molecule has 2 heterocycles. The topological polar surface area (TPSA) is 57.0 Å². The number of Topliss-reactive ketones (excluding diaryl/α,β-unsaturated/α-hetero) is 1. The monoisotopic (exact) mass is 316 g/mol. The molecule has 0 unspecified atom stereocenters. The van der Waals surface area contributed by atoms with Crippen LogP contribution in [0.3, 0.4) is 0 Å². The van der Waals surface area contributed by atoms with Gasteiger partial charge in [0.05, 0.1) is 0 Å². The first-order valence-corrected chi connectivity index (χ1v) is 6.99. The molecule has 2 aromatic heterocycles. The molecule has 2 N–H and O–H groups in total. The summed E-state index contributed by atoms with van der Waals surface area (Å²) in [5.41, 5.74) is 2.93. The zero-order chi connectivity index (χ0) is 14.8. The molecule has 3 aromatic rings. The minimum atomic E-state index is 0. The molecule has 0 saturated heterocycles. The Bertz CT molecular complexity index is 811. The minimum absolute atomic E-state index is 0. The quantitative estimate of drug-likeness (QED) is 0.509. The number of fused-ring (bicyclic) bond motifs is 1. The van der Waals surface area contributed by atoms with Crippen LogP contribution in [0.1, 0.15) is 22.8 Å². The van der Waals surface area contributed by atoms with Crippen molar-refractivity contribution in [2.24, 2.45) is 0 Å². The fourth-order valence-electron chi connectivity index (χ4n) is 2.60. The smallest absolute Gasteiger partial charge is 0.229 e. The number of para-hydroxylation sites is 1. The number of nitrogens with zero attached hydrogens (tertiary/aromatic N) is 1. The van der Waals surface area contributed by atoms with Gasteiger partial charge >= 0.3 is 0 Å². The van der Waals surface area contributed by atoms with Gasteiger partial charge in [-0.1, -0.05) is 25.1 Å². The van der Waals surface area contributed by atoms with Crippen LogP contribution in [0.4, 0.5) is 0 Å². The van der Waals surface area contributed by atoms with Crippen molar-refractivity contribution in [1.82, 2.24) is 4.98 Å². The zero-order valence-corrected chi connectivity index (χ0v) is 13.0. The van der Waals surface area contributed by atoms with Crippen LogP contribution in [0.25, 0.3) is 10.9 Å². The summed E-state index contributed by atoms with van der Waals surface area (Å²) < 4.78 is 1.68. The lowest BCUT2D eigenvalue weighted by molar-refractivity contribution is -0.683. The van der Waals surface area contributed by atoms with Crippen LogP contribution in [0.2, 0.25) is 0 Å². The standard InChI is InChI=1S/C17H16N2O2.ClH/c1-2-12-5-3-7-14-15(9-18-17(12)14)16(21)11-19-8-4-6-13(20)10-19;/h3-10H,2,11H2,1H3,(H-,18,20,21);1H. The minimum Gasteiger partial charge on any atom is -1.00 e. The van der Waals surface area contributed by atoms with Crippen molar-refractivity contribution >= 4 is 16.7 Å². The van der Waals surface area contributed by atoms with E-state index >= 15 is 0 Å². The van der Waals surface area contributed by atoms with Gasteiger partial charge in [-0.05, 0) is 18.1 Å². The zero-order valence-electron chi connectivity index (χ0n) is 12.2. The summed E-state index contributed by atoms with van der Waals surface area (Å²) in [6, 6.07) is 9.31. The highest BCUT2D eigenvalue weighted by Gasteiger charge is 2.17. The molecule has 0 aliphatic carbocycles. The predicted molar refractivity (Wildman–Crippen MR) is 80.3 cm³/mol. The second-order valence-corrected chi connectivity index (χ2v) is 5.05. The number of halogens is 1. The van der Waals surface area contributed by atoms with E-state index in [0.717, 1.165) is 17.3 Å². The van der Waals surface area contributed by atoms with Gasteiger partial charge in [-0.3, -0.25) is 4.79 Å². The number of H-pyrrole nitrogens is 1. The molecule has 0 saturated carbocycles. The number of nitrogens with one attached hydrogen (secondary N) is 1. The van der Waals surface area contributed by atoms with Gasteiger partial charge < -0.3 is 22.5 Å². The second-order valence-electron chi connectivity index (χ2n) is 5.05. The molecule has 0 fully saturated rings. The van der Waals surface area contributed by atoms with Crippen LogP contribution in [0.15, 0.2) is 48.9 Å². The van der Waals surface area contributed by atoms with Crippen molar-refractivity contribution in [2.45, 2.75) is 19.9 Å². The van der Waals surface area contributed by atoms with Gasteiger partial charge in [-0.2, -0.15) is 4.57 Å². The SMILES string of the molecule is CCc1cccc2c(C(=O)C[n+]3cccc(O)c3)c[nH]c12.[Cl-]. The van der Waals surface area contributed by atoms with E-state index in [4.69, 9.17) is 0 Å². The third kappa shape index (κ3) is 2.97. The molecule has 0 aliphatic rings. The molecule has 0 atom stereocenters. The summed E-state index contributed by atoms with van der Waals surface area (Å²) >= 11 is 0. The summed E-state index contributed by atoms with van der Waals surface area (Å²) in [6.07, 6.45) is 6.01. The van der Waals surface area contributed by atoms with E-state index in [1.54, 1.807) is 35.3 Å². The summed E-state index contributed by atoms with van der Waals surface area (Å²) in [7, 11) is 0. The van der Waals surface area contributed by atoms with E-state index in [1.165, 1.54) is 5.56 Å². The Morgan fingerprint density at radius 2 is 2.09 bits per heavy atom. The van der Waals surface area contributed by atoms with Crippen molar-refractivity contribution in [3.05, 3.63) is 60.0 Å². The second kappa shape index (κ2) is 6.62. The Kier molecular flexibility index (Phi) is 4.83. The number of aromatic nitrogens is 2. The van der Waals surface area contributed by atoms with Crippen LogP contribution >= 0.6 is 0 Å². The van der Waals surface area contributed by atoms with E-state index in [-0.39, 0.29) is 30.5 Å². The lowest BCUT2D eigenvalue weighted by atomic mass is 10.0. The fourth-order valence-corrected chi connectivity index (χ4v) is 2.60.